The Bertz CT molecular complexity index is 412. The second kappa shape index (κ2) is 5.40. The maximum Gasteiger partial charge on any atom is 0.328 e. The molecule has 100 valence electrons. The van der Waals surface area contributed by atoms with Crippen molar-refractivity contribution in [3.63, 3.8) is 0 Å². The van der Waals surface area contributed by atoms with Crippen LogP contribution in [0.3, 0.4) is 0 Å². The Labute approximate surface area is 109 Å². The molecule has 1 aromatic rings. The Balaban J connectivity index is 3.10. The predicted molar refractivity (Wildman–Crippen MR) is 74.0 cm³/mol. The molecule has 0 aliphatic carbocycles. The van der Waals surface area contributed by atoms with E-state index in [2.05, 4.69) is 5.32 Å². The van der Waals surface area contributed by atoms with Gasteiger partial charge in [-0.2, -0.15) is 0 Å². The molecule has 0 aliphatic rings. The van der Waals surface area contributed by atoms with Crippen LogP contribution in [0.5, 0.6) is 0 Å². The molecular formula is C14H22N2O2. The molecule has 1 unspecified atom stereocenters. The van der Waals surface area contributed by atoms with Crippen LogP contribution < -0.4 is 10.2 Å². The highest BCUT2D eigenvalue weighted by Crippen LogP contribution is 2.24. The van der Waals surface area contributed by atoms with Crippen molar-refractivity contribution >= 4 is 11.7 Å². The zero-order valence-corrected chi connectivity index (χ0v) is 11.7. The summed E-state index contributed by atoms with van der Waals surface area (Å²) in [5.74, 6) is -0.867. The Hall–Kier alpha value is -1.55. The molecule has 0 heterocycles. The Kier molecular flexibility index (Phi) is 4.35. The van der Waals surface area contributed by atoms with Gasteiger partial charge in [-0.05, 0) is 38.5 Å². The van der Waals surface area contributed by atoms with Gasteiger partial charge in [0.15, 0.2) is 0 Å². The van der Waals surface area contributed by atoms with Gasteiger partial charge in [0.25, 0.3) is 0 Å². The summed E-state index contributed by atoms with van der Waals surface area (Å²) in [5.41, 5.74) is 0.754. The third kappa shape index (κ3) is 3.01. The lowest BCUT2D eigenvalue weighted by molar-refractivity contribution is -0.144. The summed E-state index contributed by atoms with van der Waals surface area (Å²) in [7, 11) is 3.91. The first-order valence-electron chi connectivity index (χ1n) is 6.06. The molecule has 18 heavy (non-hydrogen) atoms. The number of benzene rings is 1. The van der Waals surface area contributed by atoms with Crippen molar-refractivity contribution in [2.24, 2.45) is 0 Å². The standard InChI is InChI=1S/C14H22N2O2/c1-10(2)15-14(3,13(17)18)11-6-8-12(9-7-11)16(4)5/h6-10,15H,1-5H3,(H,17,18). The van der Waals surface area contributed by atoms with Gasteiger partial charge in [0, 0.05) is 25.8 Å². The Morgan fingerprint density at radius 1 is 1.28 bits per heavy atom. The van der Waals surface area contributed by atoms with Crippen LogP contribution in [0.1, 0.15) is 26.3 Å². The summed E-state index contributed by atoms with van der Waals surface area (Å²) in [4.78, 5) is 13.5. The molecule has 0 saturated carbocycles. The summed E-state index contributed by atoms with van der Waals surface area (Å²) in [6, 6.07) is 7.67. The quantitative estimate of drug-likeness (QED) is 0.840. The minimum atomic E-state index is -1.06. The van der Waals surface area contributed by atoms with E-state index in [1.165, 1.54) is 0 Å². The van der Waals surface area contributed by atoms with E-state index < -0.39 is 11.5 Å². The number of hydrogen-bond donors (Lipinski definition) is 2. The van der Waals surface area contributed by atoms with E-state index in [4.69, 9.17) is 0 Å². The molecule has 4 heteroatoms. The van der Waals surface area contributed by atoms with E-state index in [1.807, 2.05) is 57.1 Å². The average molecular weight is 250 g/mol. The van der Waals surface area contributed by atoms with Gasteiger partial charge < -0.3 is 10.0 Å². The van der Waals surface area contributed by atoms with Crippen LogP contribution in [0.2, 0.25) is 0 Å². The molecular weight excluding hydrogens is 228 g/mol. The molecule has 1 aromatic carbocycles. The van der Waals surface area contributed by atoms with Crippen LogP contribution in [0.15, 0.2) is 24.3 Å². The van der Waals surface area contributed by atoms with Crippen LogP contribution in [-0.4, -0.2) is 31.2 Å². The third-order valence-electron chi connectivity index (χ3n) is 2.97. The largest absolute Gasteiger partial charge is 0.480 e. The molecule has 0 radical (unpaired) electrons. The number of nitrogens with one attached hydrogen (secondary N) is 1. The van der Waals surface area contributed by atoms with Crippen molar-refractivity contribution < 1.29 is 9.90 Å². The number of rotatable bonds is 5. The summed E-state index contributed by atoms with van der Waals surface area (Å²) in [6.07, 6.45) is 0. The van der Waals surface area contributed by atoms with E-state index in [-0.39, 0.29) is 6.04 Å². The maximum atomic E-state index is 11.5. The summed E-state index contributed by atoms with van der Waals surface area (Å²) >= 11 is 0. The zero-order chi connectivity index (χ0) is 13.9. The first-order chi connectivity index (χ1) is 8.27. The van der Waals surface area contributed by atoms with Crippen molar-refractivity contribution in [2.75, 3.05) is 19.0 Å². The fourth-order valence-corrected chi connectivity index (χ4v) is 1.94. The number of carbonyl (C=O) groups is 1. The monoisotopic (exact) mass is 250 g/mol. The Morgan fingerprint density at radius 3 is 2.11 bits per heavy atom. The molecule has 2 N–H and O–H groups in total. The molecule has 4 nitrogen and oxygen atoms in total. The van der Waals surface area contributed by atoms with Crippen LogP contribution in [0.4, 0.5) is 5.69 Å². The second-order valence-electron chi connectivity index (χ2n) is 5.17. The SMILES string of the molecule is CC(C)NC(C)(C(=O)O)c1ccc(N(C)C)cc1. The van der Waals surface area contributed by atoms with Crippen molar-refractivity contribution in [1.29, 1.82) is 0 Å². The first-order valence-corrected chi connectivity index (χ1v) is 6.06. The topological polar surface area (TPSA) is 52.6 Å². The number of hydrogen-bond acceptors (Lipinski definition) is 3. The maximum absolute atomic E-state index is 11.5. The lowest BCUT2D eigenvalue weighted by Gasteiger charge is -2.29. The lowest BCUT2D eigenvalue weighted by atomic mass is 9.91. The van der Waals surface area contributed by atoms with Gasteiger partial charge in [-0.1, -0.05) is 12.1 Å². The van der Waals surface area contributed by atoms with Gasteiger partial charge in [0.1, 0.15) is 5.54 Å². The smallest absolute Gasteiger partial charge is 0.328 e. The molecule has 0 aliphatic heterocycles. The van der Waals surface area contributed by atoms with Gasteiger partial charge in [0.05, 0.1) is 0 Å². The van der Waals surface area contributed by atoms with E-state index in [1.54, 1.807) is 6.92 Å². The third-order valence-corrected chi connectivity index (χ3v) is 2.97. The minimum Gasteiger partial charge on any atom is -0.480 e. The van der Waals surface area contributed by atoms with Crippen LogP contribution >= 0.6 is 0 Å². The van der Waals surface area contributed by atoms with Crippen LogP contribution in [0.25, 0.3) is 0 Å². The van der Waals surface area contributed by atoms with Gasteiger partial charge in [-0.3, -0.25) is 5.32 Å². The van der Waals surface area contributed by atoms with Crippen molar-refractivity contribution in [3.8, 4) is 0 Å². The van der Waals surface area contributed by atoms with E-state index in [0.29, 0.717) is 0 Å². The highest BCUT2D eigenvalue weighted by molar-refractivity contribution is 5.80. The van der Waals surface area contributed by atoms with Crippen molar-refractivity contribution in [3.05, 3.63) is 29.8 Å². The molecule has 1 atom stereocenters. The van der Waals surface area contributed by atoms with E-state index in [9.17, 15) is 9.90 Å². The van der Waals surface area contributed by atoms with E-state index >= 15 is 0 Å². The number of carboxylic acid groups (broad SMARTS) is 1. The first kappa shape index (κ1) is 14.5. The lowest BCUT2D eigenvalue weighted by Crippen LogP contribution is -2.49. The number of anilines is 1. The molecule has 0 amide bonds. The van der Waals surface area contributed by atoms with Crippen molar-refractivity contribution in [1.82, 2.24) is 5.32 Å². The van der Waals surface area contributed by atoms with Crippen LogP contribution in [-0.2, 0) is 10.3 Å². The number of carboxylic acids is 1. The van der Waals surface area contributed by atoms with Gasteiger partial charge in [-0.15, -0.1) is 0 Å². The number of aliphatic carboxylic acids is 1. The van der Waals surface area contributed by atoms with E-state index in [0.717, 1.165) is 11.3 Å². The van der Waals surface area contributed by atoms with Crippen LogP contribution in [0, 0.1) is 0 Å². The molecule has 1 rings (SSSR count). The normalized spacial score (nSPS) is 14.3. The van der Waals surface area contributed by atoms with Crippen molar-refractivity contribution in [2.45, 2.75) is 32.4 Å². The van der Waals surface area contributed by atoms with Gasteiger partial charge in [-0.25, -0.2) is 4.79 Å². The summed E-state index contributed by atoms with van der Waals surface area (Å²) in [5, 5.41) is 12.5. The zero-order valence-electron chi connectivity index (χ0n) is 11.7. The summed E-state index contributed by atoms with van der Waals surface area (Å²) < 4.78 is 0. The second-order valence-corrected chi connectivity index (χ2v) is 5.17. The molecule has 0 saturated heterocycles. The number of nitrogens with zero attached hydrogens (tertiary/aromatic N) is 1. The highest BCUT2D eigenvalue weighted by Gasteiger charge is 2.35. The molecule has 0 bridgehead atoms. The minimum absolute atomic E-state index is 0.0969. The van der Waals surface area contributed by atoms with Gasteiger partial charge in [0.2, 0.25) is 0 Å². The fraction of sp³-hybridized carbons (Fsp3) is 0.500. The molecule has 0 spiro atoms. The predicted octanol–water partition coefficient (Wildman–Crippen LogP) is 2.05. The fourth-order valence-electron chi connectivity index (χ4n) is 1.94. The average Bonchev–Trinajstić information content (AvgIpc) is 2.27. The Morgan fingerprint density at radius 2 is 1.78 bits per heavy atom. The molecule has 0 fully saturated rings. The van der Waals surface area contributed by atoms with Gasteiger partial charge >= 0.3 is 5.97 Å². The summed E-state index contributed by atoms with van der Waals surface area (Å²) in [6.45, 7) is 5.57. The molecule has 0 aromatic heterocycles. The highest BCUT2D eigenvalue weighted by atomic mass is 16.4.